The lowest BCUT2D eigenvalue weighted by Gasteiger charge is -2.32. The molecule has 1 aliphatic heterocycles. The van der Waals surface area contributed by atoms with Crippen molar-refractivity contribution in [1.82, 2.24) is 9.78 Å². The van der Waals surface area contributed by atoms with Crippen LogP contribution >= 0.6 is 0 Å². The Balaban J connectivity index is 1.76. The predicted octanol–water partition coefficient (Wildman–Crippen LogP) is 4.08. The Hall–Kier alpha value is -2.83. The summed E-state index contributed by atoms with van der Waals surface area (Å²) in [5.74, 6) is 1.02. The van der Waals surface area contributed by atoms with E-state index in [1.54, 1.807) is 11.8 Å². The zero-order chi connectivity index (χ0) is 22.3. The Morgan fingerprint density at radius 3 is 2.47 bits per heavy atom. The Morgan fingerprint density at radius 1 is 1.17 bits per heavy atom. The molecule has 0 bridgehead atoms. The van der Waals surface area contributed by atoms with E-state index in [-0.39, 0.29) is 35.7 Å². The van der Waals surface area contributed by atoms with Crippen molar-refractivity contribution in [3.05, 3.63) is 36.0 Å². The van der Waals surface area contributed by atoms with Gasteiger partial charge < -0.3 is 15.0 Å². The number of hydrogen-bond acceptors (Lipinski definition) is 4. The first-order valence-electron chi connectivity index (χ1n) is 10.4. The van der Waals surface area contributed by atoms with Gasteiger partial charge in [-0.2, -0.15) is 5.10 Å². The number of nitrogens with one attached hydrogen (secondary N) is 1. The summed E-state index contributed by atoms with van der Waals surface area (Å²) >= 11 is 0. The molecule has 2 aromatic rings. The number of carbonyl (C=O) groups is 2. The molecule has 1 unspecified atom stereocenters. The fraction of sp³-hybridized carbons (Fsp3) is 0.522. The van der Waals surface area contributed by atoms with Gasteiger partial charge in [0, 0.05) is 24.4 Å². The van der Waals surface area contributed by atoms with E-state index in [1.807, 2.05) is 55.8 Å². The zero-order valence-electron chi connectivity index (χ0n) is 18.9. The van der Waals surface area contributed by atoms with Gasteiger partial charge in [0.2, 0.25) is 5.91 Å². The van der Waals surface area contributed by atoms with Crippen molar-refractivity contribution in [3.63, 3.8) is 0 Å². The van der Waals surface area contributed by atoms with Crippen LogP contribution in [0.3, 0.4) is 0 Å². The van der Waals surface area contributed by atoms with E-state index >= 15 is 0 Å². The number of fused-ring (bicyclic) bond motifs is 1. The van der Waals surface area contributed by atoms with Gasteiger partial charge in [0.1, 0.15) is 11.6 Å². The van der Waals surface area contributed by atoms with Gasteiger partial charge in [-0.25, -0.2) is 4.68 Å². The highest BCUT2D eigenvalue weighted by molar-refractivity contribution is 6.00. The third-order valence-corrected chi connectivity index (χ3v) is 5.02. The summed E-state index contributed by atoms with van der Waals surface area (Å²) in [6.45, 7) is 14.4. The van der Waals surface area contributed by atoms with Crippen molar-refractivity contribution in [1.29, 1.82) is 0 Å². The van der Waals surface area contributed by atoms with Crippen molar-refractivity contribution in [2.75, 3.05) is 16.8 Å². The van der Waals surface area contributed by atoms with Crippen LogP contribution in [0.4, 0.5) is 11.5 Å². The fourth-order valence-corrected chi connectivity index (χ4v) is 3.36. The molecular formula is C23H32N4O3. The Kier molecular flexibility index (Phi) is 5.67. The number of hydrogen-bond donors (Lipinski definition) is 1. The van der Waals surface area contributed by atoms with E-state index in [9.17, 15) is 9.59 Å². The van der Waals surface area contributed by atoms with Crippen molar-refractivity contribution in [2.45, 2.75) is 71.9 Å². The maximum atomic E-state index is 12.8. The van der Waals surface area contributed by atoms with Crippen LogP contribution in [-0.4, -0.2) is 34.2 Å². The minimum Gasteiger partial charge on any atom is -0.479 e. The van der Waals surface area contributed by atoms with Crippen LogP contribution < -0.4 is 15.0 Å². The quantitative estimate of drug-likeness (QED) is 0.821. The molecule has 0 saturated heterocycles. The van der Waals surface area contributed by atoms with Crippen LogP contribution in [0.2, 0.25) is 0 Å². The van der Waals surface area contributed by atoms with Gasteiger partial charge >= 0.3 is 0 Å². The molecule has 1 N–H and O–H groups in total. The van der Waals surface area contributed by atoms with Crippen molar-refractivity contribution in [3.8, 4) is 5.75 Å². The first kappa shape index (κ1) is 21.9. The van der Waals surface area contributed by atoms with Gasteiger partial charge in [-0.05, 0) is 39.8 Å². The van der Waals surface area contributed by atoms with E-state index in [1.165, 1.54) is 0 Å². The first-order valence-corrected chi connectivity index (χ1v) is 10.4. The van der Waals surface area contributed by atoms with Crippen molar-refractivity contribution in [2.24, 2.45) is 0 Å². The van der Waals surface area contributed by atoms with Gasteiger partial charge in [0.05, 0.1) is 16.9 Å². The number of aromatic nitrogens is 2. The number of nitrogens with zero attached hydrogens (tertiary/aromatic N) is 3. The molecule has 3 rings (SSSR count). The van der Waals surface area contributed by atoms with E-state index in [0.29, 0.717) is 17.3 Å². The second-order valence-electron chi connectivity index (χ2n) is 9.76. The second kappa shape index (κ2) is 7.78. The molecule has 2 heterocycles. The summed E-state index contributed by atoms with van der Waals surface area (Å²) in [5, 5.41) is 7.72. The molecule has 2 amide bonds. The number of carbonyl (C=O) groups excluding carboxylic acids is 2. The smallest absolute Gasteiger partial charge is 0.267 e. The minimum absolute atomic E-state index is 0.129. The minimum atomic E-state index is -0.570. The summed E-state index contributed by atoms with van der Waals surface area (Å²) in [4.78, 5) is 27.0. The average Bonchev–Trinajstić information content (AvgIpc) is 3.06. The molecule has 7 heteroatoms. The molecule has 1 aliphatic rings. The van der Waals surface area contributed by atoms with Crippen LogP contribution in [-0.2, 0) is 20.5 Å². The molecule has 0 fully saturated rings. The maximum absolute atomic E-state index is 12.8. The third kappa shape index (κ3) is 4.50. The van der Waals surface area contributed by atoms with Crippen molar-refractivity contribution >= 4 is 23.3 Å². The average molecular weight is 413 g/mol. The SMILES string of the molecule is CC1Oc2ccccc2N(CCC(=O)Nc2cc(C(C)(C)C)nn2C(C)(C)C)C1=O. The van der Waals surface area contributed by atoms with Gasteiger partial charge in [-0.3, -0.25) is 9.59 Å². The Labute approximate surface area is 178 Å². The molecule has 0 radical (unpaired) electrons. The molecule has 162 valence electrons. The fourth-order valence-electron chi connectivity index (χ4n) is 3.36. The van der Waals surface area contributed by atoms with Crippen LogP contribution in [0.25, 0.3) is 0 Å². The Morgan fingerprint density at radius 2 is 1.83 bits per heavy atom. The normalized spacial score (nSPS) is 16.8. The van der Waals surface area contributed by atoms with E-state index in [0.717, 1.165) is 5.69 Å². The lowest BCUT2D eigenvalue weighted by molar-refractivity contribution is -0.125. The van der Waals surface area contributed by atoms with Gasteiger partial charge in [-0.15, -0.1) is 0 Å². The summed E-state index contributed by atoms with van der Waals surface area (Å²) in [7, 11) is 0. The lowest BCUT2D eigenvalue weighted by atomic mass is 9.92. The highest BCUT2D eigenvalue weighted by atomic mass is 16.5. The third-order valence-electron chi connectivity index (χ3n) is 5.02. The Bertz CT molecular complexity index is 950. The highest BCUT2D eigenvalue weighted by Gasteiger charge is 2.31. The lowest BCUT2D eigenvalue weighted by Crippen LogP contribution is -2.45. The van der Waals surface area contributed by atoms with Crippen LogP contribution in [0.1, 0.15) is 60.6 Å². The van der Waals surface area contributed by atoms with Gasteiger partial charge in [-0.1, -0.05) is 32.9 Å². The number of para-hydroxylation sites is 2. The number of amides is 2. The van der Waals surface area contributed by atoms with E-state index in [2.05, 4.69) is 26.1 Å². The topological polar surface area (TPSA) is 76.5 Å². The standard InChI is InChI=1S/C23H32N4O3/c1-15-21(29)26(16-10-8-9-11-17(16)30-15)13-12-20(28)24-19-14-18(22(2,3)4)25-27(19)23(5,6)7/h8-11,14-15H,12-13H2,1-7H3,(H,24,28). The monoisotopic (exact) mass is 412 g/mol. The molecule has 1 atom stereocenters. The number of benzene rings is 1. The maximum Gasteiger partial charge on any atom is 0.267 e. The number of rotatable bonds is 4. The number of ether oxygens (including phenoxy) is 1. The summed E-state index contributed by atoms with van der Waals surface area (Å²) < 4.78 is 7.51. The largest absolute Gasteiger partial charge is 0.479 e. The summed E-state index contributed by atoms with van der Waals surface area (Å²) in [5.41, 5.74) is 1.21. The molecule has 0 saturated carbocycles. The summed E-state index contributed by atoms with van der Waals surface area (Å²) in [6, 6.07) is 9.32. The number of anilines is 2. The van der Waals surface area contributed by atoms with E-state index in [4.69, 9.17) is 9.84 Å². The summed E-state index contributed by atoms with van der Waals surface area (Å²) in [6.07, 6.45) is -0.396. The molecule has 1 aromatic carbocycles. The predicted molar refractivity (Wildman–Crippen MR) is 118 cm³/mol. The molecule has 0 aliphatic carbocycles. The molecule has 7 nitrogen and oxygen atoms in total. The van der Waals surface area contributed by atoms with Crippen LogP contribution in [0.5, 0.6) is 5.75 Å². The molecule has 0 spiro atoms. The van der Waals surface area contributed by atoms with Gasteiger partial charge in [0.15, 0.2) is 6.10 Å². The first-order chi connectivity index (χ1) is 13.9. The van der Waals surface area contributed by atoms with Crippen LogP contribution in [0.15, 0.2) is 30.3 Å². The highest BCUT2D eigenvalue weighted by Crippen LogP contribution is 2.34. The molecule has 1 aromatic heterocycles. The molecule has 30 heavy (non-hydrogen) atoms. The molecular weight excluding hydrogens is 380 g/mol. The van der Waals surface area contributed by atoms with Gasteiger partial charge in [0.25, 0.3) is 5.91 Å². The second-order valence-corrected chi connectivity index (χ2v) is 9.76. The van der Waals surface area contributed by atoms with Crippen LogP contribution in [0, 0.1) is 0 Å². The zero-order valence-corrected chi connectivity index (χ0v) is 18.9. The van der Waals surface area contributed by atoms with Crippen molar-refractivity contribution < 1.29 is 14.3 Å². The van der Waals surface area contributed by atoms with E-state index < -0.39 is 6.10 Å².